The van der Waals surface area contributed by atoms with Crippen LogP contribution in [0.1, 0.15) is 23.8 Å². The summed E-state index contributed by atoms with van der Waals surface area (Å²) in [7, 11) is -1.48. The number of nitrogens with one attached hydrogen (secondary N) is 1. The lowest BCUT2D eigenvalue weighted by atomic mass is 10.0. The van der Waals surface area contributed by atoms with Crippen LogP contribution >= 0.6 is 0 Å². The molecule has 2 aromatic rings. The zero-order chi connectivity index (χ0) is 16.7. The Kier molecular flexibility index (Phi) is 3.75. The van der Waals surface area contributed by atoms with E-state index in [9.17, 15) is 13.2 Å². The highest BCUT2D eigenvalue weighted by Crippen LogP contribution is 2.24. The molecule has 23 heavy (non-hydrogen) atoms. The summed E-state index contributed by atoms with van der Waals surface area (Å²) in [6, 6.07) is 8.83. The molecule has 7 heteroatoms. The molecule has 1 unspecified atom stereocenters. The standard InChI is InChI=1S/C16H18N2O4S/c1-16(7-8-23(20,21)10-16)18-15(19)14-5-3-11-9-12(22-2)4-6-13(11)17-14/h3-6,9H,7-8,10H2,1-2H3,(H,18,19). The highest BCUT2D eigenvalue weighted by Gasteiger charge is 2.39. The molecule has 1 saturated heterocycles. The third-order valence-electron chi connectivity index (χ3n) is 4.05. The lowest BCUT2D eigenvalue weighted by Crippen LogP contribution is -2.47. The van der Waals surface area contributed by atoms with Gasteiger partial charge in [-0.05, 0) is 37.6 Å². The fourth-order valence-corrected chi connectivity index (χ4v) is 4.90. The molecule has 6 nitrogen and oxygen atoms in total. The molecule has 1 aromatic carbocycles. The van der Waals surface area contributed by atoms with E-state index in [1.807, 2.05) is 6.07 Å². The van der Waals surface area contributed by atoms with Crippen LogP contribution in [0, 0.1) is 0 Å². The molecule has 1 fully saturated rings. The monoisotopic (exact) mass is 334 g/mol. The van der Waals surface area contributed by atoms with Crippen molar-refractivity contribution in [3.63, 3.8) is 0 Å². The van der Waals surface area contributed by atoms with E-state index in [1.165, 1.54) is 0 Å². The Labute approximate surface area is 134 Å². The Morgan fingerprint density at radius 2 is 2.09 bits per heavy atom. The van der Waals surface area contributed by atoms with Crippen LogP contribution in [0.25, 0.3) is 10.9 Å². The summed E-state index contributed by atoms with van der Waals surface area (Å²) < 4.78 is 28.4. The first kappa shape index (κ1) is 15.7. The van der Waals surface area contributed by atoms with Gasteiger partial charge in [-0.25, -0.2) is 13.4 Å². The van der Waals surface area contributed by atoms with Crippen LogP contribution in [0.15, 0.2) is 30.3 Å². The lowest BCUT2D eigenvalue weighted by Gasteiger charge is -2.23. The summed E-state index contributed by atoms with van der Waals surface area (Å²) in [4.78, 5) is 16.7. The topological polar surface area (TPSA) is 85.4 Å². The predicted octanol–water partition coefficient (Wildman–Crippen LogP) is 1.55. The van der Waals surface area contributed by atoms with Crippen LogP contribution in [0.3, 0.4) is 0 Å². The molecule has 3 rings (SSSR count). The maximum Gasteiger partial charge on any atom is 0.270 e. The summed E-state index contributed by atoms with van der Waals surface area (Å²) in [6.45, 7) is 1.75. The Morgan fingerprint density at radius 3 is 2.74 bits per heavy atom. The number of rotatable bonds is 3. The van der Waals surface area contributed by atoms with E-state index in [4.69, 9.17) is 4.74 Å². The summed E-state index contributed by atoms with van der Waals surface area (Å²) in [5.74, 6) is 0.438. The first-order chi connectivity index (χ1) is 10.8. The molecule has 1 atom stereocenters. The maximum absolute atomic E-state index is 12.4. The number of hydrogen-bond acceptors (Lipinski definition) is 5. The van der Waals surface area contributed by atoms with Crippen LogP contribution in [0.4, 0.5) is 0 Å². The number of ether oxygens (including phenoxy) is 1. The summed E-state index contributed by atoms with van der Waals surface area (Å²) >= 11 is 0. The van der Waals surface area contributed by atoms with E-state index >= 15 is 0 Å². The Morgan fingerprint density at radius 1 is 1.30 bits per heavy atom. The lowest BCUT2D eigenvalue weighted by molar-refractivity contribution is 0.0910. The summed E-state index contributed by atoms with van der Waals surface area (Å²) in [6.07, 6.45) is 0.422. The van der Waals surface area contributed by atoms with E-state index in [1.54, 1.807) is 38.3 Å². The van der Waals surface area contributed by atoms with E-state index in [0.717, 1.165) is 11.1 Å². The second-order valence-corrected chi connectivity index (χ2v) is 8.30. The molecule has 122 valence electrons. The number of methoxy groups -OCH3 is 1. The second kappa shape index (κ2) is 5.49. The van der Waals surface area contributed by atoms with Gasteiger partial charge in [0.15, 0.2) is 9.84 Å². The molecule has 0 saturated carbocycles. The number of amides is 1. The van der Waals surface area contributed by atoms with Gasteiger partial charge in [-0.15, -0.1) is 0 Å². The number of pyridine rings is 1. The fourth-order valence-electron chi connectivity index (χ4n) is 2.80. The van der Waals surface area contributed by atoms with Crippen LogP contribution in [-0.4, -0.2) is 43.5 Å². The largest absolute Gasteiger partial charge is 0.497 e. The van der Waals surface area contributed by atoms with Gasteiger partial charge in [0.05, 0.1) is 29.7 Å². The quantitative estimate of drug-likeness (QED) is 0.920. The molecule has 0 aliphatic carbocycles. The van der Waals surface area contributed by atoms with Crippen molar-refractivity contribution in [3.05, 3.63) is 36.0 Å². The van der Waals surface area contributed by atoms with Crippen molar-refractivity contribution in [1.82, 2.24) is 10.3 Å². The molecule has 1 N–H and O–H groups in total. The van der Waals surface area contributed by atoms with Crippen molar-refractivity contribution >= 4 is 26.6 Å². The van der Waals surface area contributed by atoms with Crippen molar-refractivity contribution < 1.29 is 17.9 Å². The zero-order valence-corrected chi connectivity index (χ0v) is 13.8. The minimum Gasteiger partial charge on any atom is -0.497 e. The van der Waals surface area contributed by atoms with E-state index in [2.05, 4.69) is 10.3 Å². The third kappa shape index (κ3) is 3.29. The SMILES string of the molecule is COc1ccc2nc(C(=O)NC3(C)CCS(=O)(=O)C3)ccc2c1. The summed E-state index contributed by atoms with van der Waals surface area (Å²) in [5.41, 5.74) is 0.225. The van der Waals surface area contributed by atoms with Gasteiger partial charge < -0.3 is 10.1 Å². The minimum atomic E-state index is -3.07. The van der Waals surface area contributed by atoms with Crippen molar-refractivity contribution in [2.75, 3.05) is 18.6 Å². The Bertz CT molecular complexity index is 879. The van der Waals surface area contributed by atoms with Crippen LogP contribution in [0.2, 0.25) is 0 Å². The van der Waals surface area contributed by atoms with Gasteiger partial charge in [0.2, 0.25) is 0 Å². The molecular weight excluding hydrogens is 316 g/mol. The van der Waals surface area contributed by atoms with Crippen molar-refractivity contribution in [3.8, 4) is 5.75 Å². The van der Waals surface area contributed by atoms with Crippen LogP contribution in [0.5, 0.6) is 5.75 Å². The molecule has 2 heterocycles. The molecule has 0 spiro atoms. The normalized spacial score (nSPS) is 22.9. The number of sulfone groups is 1. The fraction of sp³-hybridized carbons (Fsp3) is 0.375. The van der Waals surface area contributed by atoms with Gasteiger partial charge in [0.1, 0.15) is 11.4 Å². The highest BCUT2D eigenvalue weighted by molar-refractivity contribution is 7.91. The summed E-state index contributed by atoms with van der Waals surface area (Å²) in [5, 5.41) is 3.68. The van der Waals surface area contributed by atoms with Crippen molar-refractivity contribution in [2.24, 2.45) is 0 Å². The third-order valence-corrected chi connectivity index (χ3v) is 5.95. The van der Waals surface area contributed by atoms with Gasteiger partial charge in [-0.2, -0.15) is 0 Å². The molecule has 0 radical (unpaired) electrons. The first-order valence-electron chi connectivity index (χ1n) is 7.28. The molecule has 1 aliphatic heterocycles. The number of carbonyl (C=O) groups excluding carboxylic acids is 1. The zero-order valence-electron chi connectivity index (χ0n) is 13.0. The molecule has 0 bridgehead atoms. The molecule has 1 amide bonds. The maximum atomic E-state index is 12.4. The first-order valence-corrected chi connectivity index (χ1v) is 9.10. The Hall–Kier alpha value is -2.15. The molecule has 1 aliphatic rings. The smallest absolute Gasteiger partial charge is 0.270 e. The number of nitrogens with zero attached hydrogens (tertiary/aromatic N) is 1. The number of aromatic nitrogens is 1. The number of carbonyl (C=O) groups is 1. The van der Waals surface area contributed by atoms with E-state index in [-0.39, 0.29) is 23.1 Å². The van der Waals surface area contributed by atoms with E-state index in [0.29, 0.717) is 11.9 Å². The minimum absolute atomic E-state index is 0.0312. The van der Waals surface area contributed by atoms with E-state index < -0.39 is 15.4 Å². The van der Waals surface area contributed by atoms with Gasteiger partial charge in [-0.3, -0.25) is 4.79 Å². The average molecular weight is 334 g/mol. The highest BCUT2D eigenvalue weighted by atomic mass is 32.2. The van der Waals surface area contributed by atoms with Crippen molar-refractivity contribution in [2.45, 2.75) is 18.9 Å². The molecule has 1 aromatic heterocycles. The predicted molar refractivity (Wildman–Crippen MR) is 87.4 cm³/mol. The molecular formula is C16H18N2O4S. The van der Waals surface area contributed by atoms with Gasteiger partial charge in [0, 0.05) is 5.39 Å². The second-order valence-electron chi connectivity index (χ2n) is 6.11. The number of fused-ring (bicyclic) bond motifs is 1. The van der Waals surface area contributed by atoms with Crippen LogP contribution in [-0.2, 0) is 9.84 Å². The number of benzene rings is 1. The van der Waals surface area contributed by atoms with Gasteiger partial charge in [-0.1, -0.05) is 6.07 Å². The van der Waals surface area contributed by atoms with Gasteiger partial charge in [0.25, 0.3) is 5.91 Å². The van der Waals surface area contributed by atoms with Crippen LogP contribution < -0.4 is 10.1 Å². The average Bonchev–Trinajstić information content (AvgIpc) is 2.79. The number of hydrogen-bond donors (Lipinski definition) is 1. The Balaban J connectivity index is 1.84. The van der Waals surface area contributed by atoms with Gasteiger partial charge >= 0.3 is 0 Å². The van der Waals surface area contributed by atoms with Crippen molar-refractivity contribution in [1.29, 1.82) is 0 Å².